The van der Waals surface area contributed by atoms with Crippen LogP contribution in [0.1, 0.15) is 17.4 Å². The molecule has 6 nitrogen and oxygen atoms in total. The first-order valence-corrected chi connectivity index (χ1v) is 6.47. The van der Waals surface area contributed by atoms with Crippen LogP contribution in [0.3, 0.4) is 0 Å². The van der Waals surface area contributed by atoms with E-state index in [0.717, 1.165) is 5.39 Å². The van der Waals surface area contributed by atoms with E-state index in [9.17, 15) is 14.9 Å². The Morgan fingerprint density at radius 2 is 2.10 bits per heavy atom. The van der Waals surface area contributed by atoms with Gasteiger partial charge >= 0.3 is 5.97 Å². The number of hydrogen-bond acceptors (Lipinski definition) is 4. The van der Waals surface area contributed by atoms with Gasteiger partial charge in [-0.15, -0.1) is 0 Å². The number of esters is 1. The van der Waals surface area contributed by atoms with E-state index < -0.39 is 10.9 Å². The maximum Gasteiger partial charge on any atom is 0.355 e. The molecular formula is C15H12N2O4. The van der Waals surface area contributed by atoms with Crippen LogP contribution in [0.4, 0.5) is 5.69 Å². The van der Waals surface area contributed by atoms with E-state index in [1.54, 1.807) is 37.4 Å². The van der Waals surface area contributed by atoms with Gasteiger partial charge in [0.25, 0.3) is 5.69 Å². The number of aromatic nitrogens is 1. The molecule has 1 aromatic heterocycles. The summed E-state index contributed by atoms with van der Waals surface area (Å²) < 4.78 is 4.98. The molecule has 0 bridgehead atoms. The quantitative estimate of drug-likeness (QED) is 0.453. The number of H-pyrrole nitrogens is 1. The zero-order chi connectivity index (χ0) is 15.0. The maximum absolute atomic E-state index is 11.9. The lowest BCUT2D eigenvalue weighted by Gasteiger charge is -2.03. The molecule has 0 atom stereocenters. The van der Waals surface area contributed by atoms with Gasteiger partial charge in [0.2, 0.25) is 0 Å². The highest BCUT2D eigenvalue weighted by atomic mass is 16.6. The number of ether oxygens (including phenoxy) is 1. The Kier molecular flexibility index (Phi) is 3.06. The van der Waals surface area contributed by atoms with E-state index in [-0.39, 0.29) is 12.3 Å². The van der Waals surface area contributed by atoms with Crippen molar-refractivity contribution in [3.05, 3.63) is 52.3 Å². The molecule has 0 radical (unpaired) electrons. The van der Waals surface area contributed by atoms with Crippen molar-refractivity contribution < 1.29 is 14.5 Å². The number of nitrogens with one attached hydrogen (secondary N) is 1. The summed E-state index contributed by atoms with van der Waals surface area (Å²) in [7, 11) is 0. The van der Waals surface area contributed by atoms with Gasteiger partial charge in [0.1, 0.15) is 5.69 Å². The zero-order valence-corrected chi connectivity index (χ0v) is 11.3. The summed E-state index contributed by atoms with van der Waals surface area (Å²) in [6.45, 7) is 2.00. The fourth-order valence-electron chi connectivity index (χ4n) is 2.50. The molecule has 3 aromatic rings. The highest BCUT2D eigenvalue weighted by Gasteiger charge is 2.19. The minimum absolute atomic E-state index is 0.0208. The monoisotopic (exact) mass is 284 g/mol. The molecule has 106 valence electrons. The summed E-state index contributed by atoms with van der Waals surface area (Å²) >= 11 is 0. The van der Waals surface area contributed by atoms with Crippen LogP contribution in [-0.4, -0.2) is 22.5 Å². The van der Waals surface area contributed by atoms with Gasteiger partial charge in [-0.1, -0.05) is 24.3 Å². The number of nitro benzene ring substituents is 1. The second-order valence-electron chi connectivity index (χ2n) is 4.54. The second kappa shape index (κ2) is 4.90. The number of nitrogens with zero attached hydrogens (tertiary/aromatic N) is 1. The fourth-order valence-corrected chi connectivity index (χ4v) is 2.50. The molecular weight excluding hydrogens is 272 g/mol. The summed E-state index contributed by atoms with van der Waals surface area (Å²) in [6.07, 6.45) is 1.61. The van der Waals surface area contributed by atoms with E-state index in [2.05, 4.69) is 4.98 Å². The molecule has 0 amide bonds. The first kappa shape index (κ1) is 13.1. The molecule has 3 rings (SSSR count). The molecule has 2 aromatic carbocycles. The number of carbonyl (C=O) groups is 1. The van der Waals surface area contributed by atoms with Crippen molar-refractivity contribution in [3.63, 3.8) is 0 Å². The number of non-ortho nitro benzene ring substituents is 1. The van der Waals surface area contributed by atoms with Crippen LogP contribution < -0.4 is 0 Å². The highest BCUT2D eigenvalue weighted by Crippen LogP contribution is 2.34. The van der Waals surface area contributed by atoms with Gasteiger partial charge in [-0.05, 0) is 12.3 Å². The Labute approximate surface area is 119 Å². The van der Waals surface area contributed by atoms with Crippen molar-refractivity contribution in [1.82, 2.24) is 4.98 Å². The van der Waals surface area contributed by atoms with Crippen molar-refractivity contribution in [1.29, 1.82) is 0 Å². The van der Waals surface area contributed by atoms with Gasteiger partial charge in [-0.2, -0.15) is 0 Å². The molecule has 0 spiro atoms. The van der Waals surface area contributed by atoms with Crippen LogP contribution in [-0.2, 0) is 4.74 Å². The number of nitro groups is 1. The minimum Gasteiger partial charge on any atom is -0.461 e. The predicted octanol–water partition coefficient (Wildman–Crippen LogP) is 3.41. The molecule has 1 heterocycles. The van der Waals surface area contributed by atoms with Crippen molar-refractivity contribution >= 4 is 33.2 Å². The van der Waals surface area contributed by atoms with Crippen LogP contribution in [0.2, 0.25) is 0 Å². The van der Waals surface area contributed by atoms with Gasteiger partial charge < -0.3 is 9.72 Å². The Morgan fingerprint density at radius 3 is 2.81 bits per heavy atom. The maximum atomic E-state index is 11.9. The van der Waals surface area contributed by atoms with Crippen molar-refractivity contribution in [3.8, 4) is 0 Å². The molecule has 0 fully saturated rings. The van der Waals surface area contributed by atoms with Crippen LogP contribution in [0.25, 0.3) is 21.5 Å². The Morgan fingerprint density at radius 1 is 1.29 bits per heavy atom. The number of aromatic amines is 1. The molecule has 6 heteroatoms. The summed E-state index contributed by atoms with van der Waals surface area (Å²) in [5, 5.41) is 13.7. The molecule has 0 aliphatic carbocycles. The van der Waals surface area contributed by atoms with E-state index in [1.165, 1.54) is 6.07 Å². The third-order valence-corrected chi connectivity index (χ3v) is 3.37. The SMILES string of the molecule is CCOC(=O)c1[nH]cc2c1ccc1cccc([N+](=O)[O-])c12. The van der Waals surface area contributed by atoms with Crippen LogP contribution >= 0.6 is 0 Å². The zero-order valence-electron chi connectivity index (χ0n) is 11.3. The average Bonchev–Trinajstić information content (AvgIpc) is 2.90. The number of benzene rings is 2. The molecule has 0 saturated heterocycles. The van der Waals surface area contributed by atoms with E-state index in [1.807, 2.05) is 0 Å². The van der Waals surface area contributed by atoms with Gasteiger partial charge in [-0.3, -0.25) is 10.1 Å². The average molecular weight is 284 g/mol. The smallest absolute Gasteiger partial charge is 0.355 e. The Balaban J connectivity index is 2.34. The van der Waals surface area contributed by atoms with Gasteiger partial charge in [0.15, 0.2) is 0 Å². The normalized spacial score (nSPS) is 10.9. The fraction of sp³-hybridized carbons (Fsp3) is 0.133. The highest BCUT2D eigenvalue weighted by molar-refractivity contribution is 6.16. The lowest BCUT2D eigenvalue weighted by Crippen LogP contribution is -2.05. The van der Waals surface area contributed by atoms with E-state index >= 15 is 0 Å². The molecule has 0 unspecified atom stereocenters. The third-order valence-electron chi connectivity index (χ3n) is 3.37. The third kappa shape index (κ3) is 2.01. The molecule has 21 heavy (non-hydrogen) atoms. The summed E-state index contributed by atoms with van der Waals surface area (Å²) in [4.78, 5) is 25.5. The minimum atomic E-state index is -0.467. The number of hydrogen-bond donors (Lipinski definition) is 1. The van der Waals surface area contributed by atoms with E-state index in [4.69, 9.17) is 4.74 Å². The van der Waals surface area contributed by atoms with Gasteiger partial charge in [0.05, 0.1) is 16.9 Å². The molecule has 0 aliphatic rings. The summed E-state index contributed by atoms with van der Waals surface area (Å²) in [6, 6.07) is 8.44. The first-order valence-electron chi connectivity index (χ1n) is 6.47. The Hall–Kier alpha value is -2.89. The lowest BCUT2D eigenvalue weighted by atomic mass is 10.0. The lowest BCUT2D eigenvalue weighted by molar-refractivity contribution is -0.383. The van der Waals surface area contributed by atoms with Crippen LogP contribution in [0.15, 0.2) is 36.5 Å². The second-order valence-corrected chi connectivity index (χ2v) is 4.54. The molecule has 1 N–H and O–H groups in total. The first-order chi connectivity index (χ1) is 10.1. The van der Waals surface area contributed by atoms with Gasteiger partial charge in [0, 0.05) is 23.0 Å². The van der Waals surface area contributed by atoms with E-state index in [0.29, 0.717) is 21.9 Å². The standard InChI is InChI=1S/C15H12N2O4/c1-2-21-15(18)14-10-7-6-9-4-3-5-12(17(19)20)13(9)11(10)8-16-14/h3-8,16H,2H2,1H3. The van der Waals surface area contributed by atoms with Gasteiger partial charge in [-0.25, -0.2) is 4.79 Å². The van der Waals surface area contributed by atoms with Crippen LogP contribution in [0.5, 0.6) is 0 Å². The Bertz CT molecular complexity index is 867. The number of rotatable bonds is 3. The van der Waals surface area contributed by atoms with Crippen molar-refractivity contribution in [2.24, 2.45) is 0 Å². The predicted molar refractivity (Wildman–Crippen MR) is 78.4 cm³/mol. The van der Waals surface area contributed by atoms with Crippen molar-refractivity contribution in [2.45, 2.75) is 6.92 Å². The molecule has 0 aliphatic heterocycles. The summed E-state index contributed by atoms with van der Waals surface area (Å²) in [5.74, 6) is -0.467. The topological polar surface area (TPSA) is 85.2 Å². The van der Waals surface area contributed by atoms with Crippen LogP contribution in [0, 0.1) is 10.1 Å². The van der Waals surface area contributed by atoms with Crippen molar-refractivity contribution in [2.75, 3.05) is 6.61 Å². The molecule has 0 saturated carbocycles. The summed E-state index contributed by atoms with van der Waals surface area (Å²) in [5.41, 5.74) is 0.333. The number of fused-ring (bicyclic) bond motifs is 3. The number of carbonyl (C=O) groups excluding carboxylic acids is 1. The largest absolute Gasteiger partial charge is 0.461 e.